The Kier molecular flexibility index (Phi) is 2.28. The van der Waals surface area contributed by atoms with Crippen LogP contribution in [-0.2, 0) is 0 Å². The van der Waals surface area contributed by atoms with Crippen molar-refractivity contribution < 1.29 is 9.50 Å². The van der Waals surface area contributed by atoms with Gasteiger partial charge in [-0.2, -0.15) is 5.10 Å². The largest absolute Gasteiger partial charge is 0.372 e. The molecule has 0 aliphatic rings. The highest BCUT2D eigenvalue weighted by atomic mass is 79.9. The number of rotatable bonds is 1. The molecule has 0 spiro atoms. The molecule has 0 fully saturated rings. The normalized spacial score (nSPS) is 13.4. The van der Waals surface area contributed by atoms with Crippen LogP contribution in [0.15, 0.2) is 22.8 Å². The van der Waals surface area contributed by atoms with E-state index in [-0.39, 0.29) is 5.82 Å². The minimum atomic E-state index is -0.704. The van der Waals surface area contributed by atoms with Gasteiger partial charge in [-0.3, -0.25) is 0 Å². The summed E-state index contributed by atoms with van der Waals surface area (Å²) in [6, 6.07) is 2.97. The SMILES string of the molecule is CC(O)n1cc2cc(Br)c(F)cc2n1. The first kappa shape index (κ1) is 9.61. The summed E-state index contributed by atoms with van der Waals surface area (Å²) in [7, 11) is 0. The lowest BCUT2D eigenvalue weighted by atomic mass is 10.2. The lowest BCUT2D eigenvalue weighted by Gasteiger charge is -2.01. The first-order chi connectivity index (χ1) is 6.58. The first-order valence-corrected chi connectivity index (χ1v) is 4.89. The van der Waals surface area contributed by atoms with Crippen LogP contribution in [0.2, 0.25) is 0 Å². The molecule has 1 unspecified atom stereocenters. The number of hydrogen-bond acceptors (Lipinski definition) is 2. The molecule has 2 rings (SSSR count). The maximum absolute atomic E-state index is 13.1. The van der Waals surface area contributed by atoms with Crippen LogP contribution in [0.4, 0.5) is 4.39 Å². The second-order valence-corrected chi connectivity index (χ2v) is 3.92. The fourth-order valence-corrected chi connectivity index (χ4v) is 1.59. The standard InChI is InChI=1S/C9H8BrFN2O/c1-5(14)13-4-6-2-7(10)8(11)3-9(6)12-13/h2-5,14H,1H3. The Balaban J connectivity index is 2.66. The van der Waals surface area contributed by atoms with Crippen molar-refractivity contribution >= 4 is 26.8 Å². The molecule has 0 saturated carbocycles. The first-order valence-electron chi connectivity index (χ1n) is 4.10. The zero-order valence-electron chi connectivity index (χ0n) is 7.41. The van der Waals surface area contributed by atoms with Crippen LogP contribution in [0.3, 0.4) is 0 Å². The van der Waals surface area contributed by atoms with Gasteiger partial charge in [0.1, 0.15) is 12.0 Å². The Hall–Kier alpha value is -0.940. The van der Waals surface area contributed by atoms with Gasteiger partial charge in [-0.05, 0) is 28.9 Å². The number of aliphatic hydroxyl groups is 1. The average molecular weight is 259 g/mol. The Labute approximate surface area is 88.3 Å². The Bertz CT molecular complexity index is 442. The van der Waals surface area contributed by atoms with Crippen LogP contribution in [0.5, 0.6) is 0 Å². The second-order valence-electron chi connectivity index (χ2n) is 3.07. The second kappa shape index (κ2) is 3.33. The maximum atomic E-state index is 13.1. The third kappa shape index (κ3) is 1.53. The molecular weight excluding hydrogens is 251 g/mol. The number of benzene rings is 1. The number of aliphatic hydroxyl groups excluding tert-OH is 1. The minimum Gasteiger partial charge on any atom is -0.372 e. The average Bonchev–Trinajstić information content (AvgIpc) is 2.48. The molecule has 0 bridgehead atoms. The summed E-state index contributed by atoms with van der Waals surface area (Å²) < 4.78 is 14.9. The van der Waals surface area contributed by atoms with E-state index in [2.05, 4.69) is 21.0 Å². The number of nitrogens with zero attached hydrogens (tertiary/aromatic N) is 2. The third-order valence-corrected chi connectivity index (χ3v) is 2.55. The summed E-state index contributed by atoms with van der Waals surface area (Å²) in [5.41, 5.74) is 0.534. The van der Waals surface area contributed by atoms with E-state index in [0.717, 1.165) is 5.39 Å². The van der Waals surface area contributed by atoms with Crippen molar-refractivity contribution in [2.24, 2.45) is 0 Å². The molecule has 74 valence electrons. The molecule has 5 heteroatoms. The van der Waals surface area contributed by atoms with Crippen LogP contribution >= 0.6 is 15.9 Å². The molecule has 3 nitrogen and oxygen atoms in total. The Morgan fingerprint density at radius 2 is 2.29 bits per heavy atom. The molecule has 0 aliphatic heterocycles. The van der Waals surface area contributed by atoms with Crippen molar-refractivity contribution in [1.29, 1.82) is 0 Å². The fraction of sp³-hybridized carbons (Fsp3) is 0.222. The van der Waals surface area contributed by atoms with Gasteiger partial charge in [0.2, 0.25) is 0 Å². The summed E-state index contributed by atoms with van der Waals surface area (Å²) in [5.74, 6) is -0.353. The molecule has 1 N–H and O–H groups in total. The fourth-order valence-electron chi connectivity index (χ4n) is 1.23. The van der Waals surface area contributed by atoms with Crippen LogP contribution < -0.4 is 0 Å². The number of aromatic nitrogens is 2. The molecule has 0 aliphatic carbocycles. The van der Waals surface area contributed by atoms with Gasteiger partial charge in [0.15, 0.2) is 0 Å². The van der Waals surface area contributed by atoms with Crippen molar-refractivity contribution in [1.82, 2.24) is 9.78 Å². The molecule has 0 saturated heterocycles. The van der Waals surface area contributed by atoms with E-state index in [1.54, 1.807) is 19.2 Å². The lowest BCUT2D eigenvalue weighted by Crippen LogP contribution is -2.03. The zero-order chi connectivity index (χ0) is 10.3. The van der Waals surface area contributed by atoms with Crippen molar-refractivity contribution in [3.05, 3.63) is 28.6 Å². The molecule has 1 atom stereocenters. The topological polar surface area (TPSA) is 38.0 Å². The molecule has 1 aromatic carbocycles. The Morgan fingerprint density at radius 3 is 2.93 bits per heavy atom. The highest BCUT2D eigenvalue weighted by molar-refractivity contribution is 9.10. The molecule has 1 aromatic heterocycles. The van der Waals surface area contributed by atoms with Crippen LogP contribution in [0.1, 0.15) is 13.2 Å². The highest BCUT2D eigenvalue weighted by Gasteiger charge is 2.07. The van der Waals surface area contributed by atoms with E-state index in [0.29, 0.717) is 9.99 Å². The van der Waals surface area contributed by atoms with Gasteiger partial charge < -0.3 is 5.11 Å². The maximum Gasteiger partial charge on any atom is 0.144 e. The van der Waals surface area contributed by atoms with Crippen molar-refractivity contribution in [2.45, 2.75) is 13.2 Å². The lowest BCUT2D eigenvalue weighted by molar-refractivity contribution is 0.111. The summed E-state index contributed by atoms with van der Waals surface area (Å²) >= 11 is 3.09. The number of halogens is 2. The summed E-state index contributed by atoms with van der Waals surface area (Å²) in [5, 5.41) is 14.1. The van der Waals surface area contributed by atoms with Crippen LogP contribution in [0, 0.1) is 5.82 Å². The molecule has 1 heterocycles. The summed E-state index contributed by atoms with van der Waals surface area (Å²) in [4.78, 5) is 0. The number of hydrogen-bond donors (Lipinski definition) is 1. The van der Waals surface area contributed by atoms with E-state index < -0.39 is 6.23 Å². The van der Waals surface area contributed by atoms with Crippen LogP contribution in [-0.4, -0.2) is 14.9 Å². The molecule has 0 radical (unpaired) electrons. The molecule has 14 heavy (non-hydrogen) atoms. The van der Waals surface area contributed by atoms with Gasteiger partial charge in [-0.25, -0.2) is 9.07 Å². The van der Waals surface area contributed by atoms with E-state index >= 15 is 0 Å². The molecular formula is C9H8BrFN2O. The predicted molar refractivity (Wildman–Crippen MR) is 54.3 cm³/mol. The van der Waals surface area contributed by atoms with Gasteiger partial charge >= 0.3 is 0 Å². The van der Waals surface area contributed by atoms with Gasteiger partial charge in [0.25, 0.3) is 0 Å². The quantitative estimate of drug-likeness (QED) is 0.854. The Morgan fingerprint density at radius 1 is 1.57 bits per heavy atom. The van der Waals surface area contributed by atoms with Gasteiger partial charge in [0, 0.05) is 17.6 Å². The van der Waals surface area contributed by atoms with E-state index in [4.69, 9.17) is 0 Å². The van der Waals surface area contributed by atoms with Crippen molar-refractivity contribution in [3.8, 4) is 0 Å². The monoisotopic (exact) mass is 258 g/mol. The predicted octanol–water partition coefficient (Wildman–Crippen LogP) is 2.45. The molecule has 2 aromatic rings. The molecule has 0 amide bonds. The van der Waals surface area contributed by atoms with E-state index in [9.17, 15) is 9.50 Å². The highest BCUT2D eigenvalue weighted by Crippen LogP contribution is 2.22. The smallest absolute Gasteiger partial charge is 0.144 e. The number of fused-ring (bicyclic) bond motifs is 1. The minimum absolute atomic E-state index is 0.353. The zero-order valence-corrected chi connectivity index (χ0v) is 8.99. The van der Waals surface area contributed by atoms with E-state index in [1.165, 1.54) is 10.7 Å². The van der Waals surface area contributed by atoms with Crippen molar-refractivity contribution in [2.75, 3.05) is 0 Å². The van der Waals surface area contributed by atoms with E-state index in [1.807, 2.05) is 0 Å². The van der Waals surface area contributed by atoms with Gasteiger partial charge in [0.05, 0.1) is 9.99 Å². The van der Waals surface area contributed by atoms with Gasteiger partial charge in [-0.15, -0.1) is 0 Å². The summed E-state index contributed by atoms with van der Waals surface area (Å²) in [6.07, 6.45) is 0.966. The third-order valence-electron chi connectivity index (χ3n) is 1.95. The van der Waals surface area contributed by atoms with Crippen LogP contribution in [0.25, 0.3) is 10.9 Å². The summed E-state index contributed by atoms with van der Waals surface area (Å²) in [6.45, 7) is 1.59. The van der Waals surface area contributed by atoms with Gasteiger partial charge in [-0.1, -0.05) is 0 Å². The van der Waals surface area contributed by atoms with Crippen molar-refractivity contribution in [3.63, 3.8) is 0 Å².